The smallest absolute Gasteiger partial charge is 0.409 e. The lowest BCUT2D eigenvalue weighted by Gasteiger charge is -2.34. The molecule has 1 aliphatic heterocycles. The van der Waals surface area contributed by atoms with Crippen LogP contribution in [0.15, 0.2) is 60.9 Å². The van der Waals surface area contributed by atoms with Crippen LogP contribution < -0.4 is 4.74 Å². The van der Waals surface area contributed by atoms with E-state index in [9.17, 15) is 9.90 Å². The number of carbonyl (C=O) groups is 1. The zero-order valence-corrected chi connectivity index (χ0v) is 18.3. The van der Waals surface area contributed by atoms with Crippen molar-refractivity contribution < 1.29 is 19.4 Å². The minimum atomic E-state index is -0.625. The summed E-state index contributed by atoms with van der Waals surface area (Å²) in [6.07, 6.45) is 2.67. The number of hydrogen-bond donors (Lipinski definition) is 1. The molecule has 168 valence electrons. The molecule has 0 saturated carbocycles. The molecule has 1 atom stereocenters. The fraction of sp³-hybridized carbons (Fsp3) is 0.360. The van der Waals surface area contributed by atoms with Crippen molar-refractivity contribution in [2.24, 2.45) is 0 Å². The van der Waals surface area contributed by atoms with Crippen molar-refractivity contribution in [3.8, 4) is 16.9 Å². The Bertz CT molecular complexity index is 1040. The van der Waals surface area contributed by atoms with Crippen molar-refractivity contribution in [2.75, 3.05) is 45.9 Å². The number of fused-ring (bicyclic) bond motifs is 1. The lowest BCUT2D eigenvalue weighted by atomic mass is 9.98. The van der Waals surface area contributed by atoms with Gasteiger partial charge in [0, 0.05) is 45.1 Å². The van der Waals surface area contributed by atoms with Gasteiger partial charge in [0.15, 0.2) is 0 Å². The molecule has 7 nitrogen and oxygen atoms in total. The summed E-state index contributed by atoms with van der Waals surface area (Å²) in [5, 5.41) is 12.8. The molecule has 0 bridgehead atoms. The standard InChI is InChI=1S/C25H29N3O4/c1-2-31-25(30)28-13-11-27(12-14-28)17-21(29)18-32-22-15-20-5-3-4-6-23(20)24(16-22)19-7-9-26-10-8-19/h3-10,15-16,21,29H,2,11-14,17-18H2,1H3. The predicted molar refractivity (Wildman–Crippen MR) is 124 cm³/mol. The van der Waals surface area contributed by atoms with E-state index in [1.54, 1.807) is 24.2 Å². The van der Waals surface area contributed by atoms with E-state index in [4.69, 9.17) is 9.47 Å². The number of piperazine rings is 1. The summed E-state index contributed by atoms with van der Waals surface area (Å²) in [4.78, 5) is 19.8. The Morgan fingerprint density at radius 3 is 2.59 bits per heavy atom. The SMILES string of the molecule is CCOC(=O)N1CCN(CC(O)COc2cc(-c3ccncc3)c3ccccc3c2)CC1. The molecule has 3 aromatic rings. The summed E-state index contributed by atoms with van der Waals surface area (Å²) in [7, 11) is 0. The molecule has 0 radical (unpaired) electrons. The van der Waals surface area contributed by atoms with Gasteiger partial charge in [-0.2, -0.15) is 0 Å². The van der Waals surface area contributed by atoms with Gasteiger partial charge in [0.2, 0.25) is 0 Å². The molecule has 0 aliphatic carbocycles. The highest BCUT2D eigenvalue weighted by Gasteiger charge is 2.23. The minimum absolute atomic E-state index is 0.201. The Morgan fingerprint density at radius 2 is 1.84 bits per heavy atom. The average molecular weight is 436 g/mol. The number of aliphatic hydroxyl groups excluding tert-OH is 1. The number of rotatable bonds is 7. The van der Waals surface area contributed by atoms with Crippen LogP contribution in [0.1, 0.15) is 6.92 Å². The highest BCUT2D eigenvalue weighted by molar-refractivity contribution is 5.97. The van der Waals surface area contributed by atoms with Crippen molar-refractivity contribution in [2.45, 2.75) is 13.0 Å². The van der Waals surface area contributed by atoms with E-state index in [0.29, 0.717) is 39.3 Å². The van der Waals surface area contributed by atoms with Crippen molar-refractivity contribution in [1.82, 2.24) is 14.8 Å². The first-order valence-corrected chi connectivity index (χ1v) is 11.0. The number of amides is 1. The molecule has 1 amide bonds. The van der Waals surface area contributed by atoms with Crippen LogP contribution in [0.3, 0.4) is 0 Å². The number of benzene rings is 2. The number of nitrogens with zero attached hydrogens (tertiary/aromatic N) is 3. The Kier molecular flexibility index (Phi) is 7.19. The van der Waals surface area contributed by atoms with Gasteiger partial charge in [-0.25, -0.2) is 4.79 Å². The Morgan fingerprint density at radius 1 is 1.09 bits per heavy atom. The molecule has 1 N–H and O–H groups in total. The zero-order chi connectivity index (χ0) is 22.3. The minimum Gasteiger partial charge on any atom is -0.491 e. The van der Waals surface area contributed by atoms with Crippen LogP contribution in [0.4, 0.5) is 4.79 Å². The molecule has 1 fully saturated rings. The maximum Gasteiger partial charge on any atom is 0.409 e. The molecule has 0 spiro atoms. The first-order valence-electron chi connectivity index (χ1n) is 11.0. The highest BCUT2D eigenvalue weighted by Crippen LogP contribution is 2.32. The number of pyridine rings is 1. The second-order valence-corrected chi connectivity index (χ2v) is 7.88. The van der Waals surface area contributed by atoms with Crippen molar-refractivity contribution in [3.63, 3.8) is 0 Å². The summed E-state index contributed by atoms with van der Waals surface area (Å²) in [5.41, 5.74) is 2.15. The zero-order valence-electron chi connectivity index (χ0n) is 18.3. The topological polar surface area (TPSA) is 75.1 Å². The Labute approximate surface area is 188 Å². The van der Waals surface area contributed by atoms with Crippen molar-refractivity contribution in [3.05, 3.63) is 60.9 Å². The first kappa shape index (κ1) is 22.0. The van der Waals surface area contributed by atoms with Crippen LogP contribution in [0.2, 0.25) is 0 Å². The van der Waals surface area contributed by atoms with E-state index in [1.165, 1.54) is 0 Å². The molecule has 1 aliphatic rings. The van der Waals surface area contributed by atoms with Gasteiger partial charge in [0.1, 0.15) is 18.5 Å². The van der Waals surface area contributed by atoms with Gasteiger partial charge in [-0.3, -0.25) is 9.88 Å². The molecule has 2 heterocycles. The summed E-state index contributed by atoms with van der Waals surface area (Å²) < 4.78 is 11.0. The van der Waals surface area contributed by atoms with Crippen LogP contribution in [0, 0.1) is 0 Å². The van der Waals surface area contributed by atoms with Crippen molar-refractivity contribution >= 4 is 16.9 Å². The second-order valence-electron chi connectivity index (χ2n) is 7.88. The predicted octanol–water partition coefficient (Wildman–Crippen LogP) is 3.42. The maximum atomic E-state index is 11.8. The molecule has 1 unspecified atom stereocenters. The van der Waals surface area contributed by atoms with Gasteiger partial charge in [-0.05, 0) is 53.1 Å². The van der Waals surface area contributed by atoms with Gasteiger partial charge in [-0.15, -0.1) is 0 Å². The molecule has 1 aromatic heterocycles. The number of ether oxygens (including phenoxy) is 2. The third kappa shape index (κ3) is 5.36. The molecule has 7 heteroatoms. The van der Waals surface area contributed by atoms with Crippen LogP contribution in [0.25, 0.3) is 21.9 Å². The number of hydrogen-bond acceptors (Lipinski definition) is 6. The summed E-state index contributed by atoms with van der Waals surface area (Å²) in [5.74, 6) is 0.724. The van der Waals surface area contributed by atoms with Gasteiger partial charge < -0.3 is 19.5 Å². The van der Waals surface area contributed by atoms with E-state index >= 15 is 0 Å². The third-order valence-electron chi connectivity index (χ3n) is 5.64. The lowest BCUT2D eigenvalue weighted by molar-refractivity contribution is 0.0408. The van der Waals surface area contributed by atoms with Gasteiger partial charge in [0.25, 0.3) is 0 Å². The summed E-state index contributed by atoms with van der Waals surface area (Å²) in [6, 6.07) is 16.2. The van der Waals surface area contributed by atoms with Crippen LogP contribution in [-0.4, -0.2) is 78.0 Å². The average Bonchev–Trinajstić information content (AvgIpc) is 2.83. The van der Waals surface area contributed by atoms with Crippen LogP contribution in [-0.2, 0) is 4.74 Å². The quantitative estimate of drug-likeness (QED) is 0.613. The molecule has 2 aromatic carbocycles. The van der Waals surface area contributed by atoms with Crippen LogP contribution >= 0.6 is 0 Å². The summed E-state index contributed by atoms with van der Waals surface area (Å²) in [6.45, 7) is 5.51. The molecular formula is C25H29N3O4. The van der Waals surface area contributed by atoms with E-state index in [-0.39, 0.29) is 12.7 Å². The normalized spacial score (nSPS) is 15.5. The monoisotopic (exact) mass is 435 g/mol. The number of aromatic nitrogens is 1. The second kappa shape index (κ2) is 10.4. The Hall–Kier alpha value is -3.16. The van der Waals surface area contributed by atoms with Crippen LogP contribution in [0.5, 0.6) is 5.75 Å². The number of aliphatic hydroxyl groups is 1. The Balaban J connectivity index is 1.37. The van der Waals surface area contributed by atoms with E-state index < -0.39 is 6.10 Å². The van der Waals surface area contributed by atoms with E-state index in [0.717, 1.165) is 27.6 Å². The number of β-amino-alcohol motifs (C(OH)–C–C–N with tert-alkyl or cyclic N) is 1. The molecule has 1 saturated heterocycles. The largest absolute Gasteiger partial charge is 0.491 e. The third-order valence-corrected chi connectivity index (χ3v) is 5.64. The lowest BCUT2D eigenvalue weighted by Crippen LogP contribution is -2.51. The fourth-order valence-electron chi connectivity index (χ4n) is 4.01. The molecule has 4 rings (SSSR count). The molecule has 32 heavy (non-hydrogen) atoms. The maximum absolute atomic E-state index is 11.8. The summed E-state index contributed by atoms with van der Waals surface area (Å²) >= 11 is 0. The van der Waals surface area contributed by atoms with Gasteiger partial charge >= 0.3 is 6.09 Å². The first-order chi connectivity index (χ1) is 15.6. The molecular weight excluding hydrogens is 406 g/mol. The highest BCUT2D eigenvalue weighted by atomic mass is 16.6. The van der Waals surface area contributed by atoms with Gasteiger partial charge in [-0.1, -0.05) is 24.3 Å². The number of carbonyl (C=O) groups excluding carboxylic acids is 1. The van der Waals surface area contributed by atoms with Crippen molar-refractivity contribution in [1.29, 1.82) is 0 Å². The van der Waals surface area contributed by atoms with E-state index in [1.807, 2.05) is 36.4 Å². The fourth-order valence-corrected chi connectivity index (χ4v) is 4.01. The van der Waals surface area contributed by atoms with Gasteiger partial charge in [0.05, 0.1) is 6.61 Å². The van der Waals surface area contributed by atoms with E-state index in [2.05, 4.69) is 22.0 Å².